The van der Waals surface area contributed by atoms with Gasteiger partial charge in [-0.05, 0) is 66.1 Å². The molecule has 6 rings (SSSR count). The van der Waals surface area contributed by atoms with Crippen molar-refractivity contribution in [3.05, 3.63) is 89.1 Å². The summed E-state index contributed by atoms with van der Waals surface area (Å²) in [5, 5.41) is 4.34. The van der Waals surface area contributed by atoms with Crippen molar-refractivity contribution in [1.29, 1.82) is 0 Å². The molecule has 0 aliphatic carbocycles. The number of anilines is 2. The van der Waals surface area contributed by atoms with Crippen LogP contribution < -0.4 is 5.32 Å². The summed E-state index contributed by atoms with van der Waals surface area (Å²) < 4.78 is 5.54. The molecule has 3 aromatic carbocycles. The number of benzene rings is 3. The smallest absolute Gasteiger partial charge is 0.139 e. The largest absolute Gasteiger partial charge is 0.381 e. The third-order valence-electron chi connectivity index (χ3n) is 7.36. The van der Waals surface area contributed by atoms with Gasteiger partial charge in [0.15, 0.2) is 0 Å². The van der Waals surface area contributed by atoms with Gasteiger partial charge in [0.05, 0.1) is 16.9 Å². The molecule has 1 fully saturated rings. The topological polar surface area (TPSA) is 53.2 Å². The van der Waals surface area contributed by atoms with Crippen molar-refractivity contribution >= 4 is 23.0 Å². The standard InChI is InChI=1S/C30H31ClN4O/c31-27-10-9-24(17-26(27)30-32-18-29(34-30)22-5-2-1-3-6-22)33-28-8-4-7-23-20-35(14-11-25(23)28)19-21-12-15-36-16-13-21/h1-10,17-18,21,33H,11-16,19-20H2,(H,32,34). The Bertz CT molecular complexity index is 1330. The summed E-state index contributed by atoms with van der Waals surface area (Å²) in [4.78, 5) is 10.7. The van der Waals surface area contributed by atoms with E-state index in [9.17, 15) is 0 Å². The molecule has 0 radical (unpaired) electrons. The van der Waals surface area contributed by atoms with Gasteiger partial charge in [-0.25, -0.2) is 4.98 Å². The van der Waals surface area contributed by atoms with E-state index < -0.39 is 0 Å². The zero-order valence-corrected chi connectivity index (χ0v) is 21.1. The van der Waals surface area contributed by atoms with Crippen LogP contribution in [-0.4, -0.2) is 41.2 Å². The van der Waals surface area contributed by atoms with Gasteiger partial charge in [0.1, 0.15) is 5.82 Å². The fraction of sp³-hybridized carbons (Fsp3) is 0.300. The lowest BCUT2D eigenvalue weighted by atomic mass is 9.94. The number of hydrogen-bond donors (Lipinski definition) is 2. The summed E-state index contributed by atoms with van der Waals surface area (Å²) in [5.74, 6) is 1.53. The number of aromatic nitrogens is 2. The Morgan fingerprint density at radius 2 is 1.89 bits per heavy atom. The maximum Gasteiger partial charge on any atom is 0.139 e. The van der Waals surface area contributed by atoms with E-state index in [1.54, 1.807) is 0 Å². The molecule has 3 heterocycles. The van der Waals surface area contributed by atoms with Gasteiger partial charge < -0.3 is 15.0 Å². The van der Waals surface area contributed by atoms with Gasteiger partial charge in [-0.1, -0.05) is 54.1 Å². The quantitative estimate of drug-likeness (QED) is 0.303. The van der Waals surface area contributed by atoms with Crippen molar-refractivity contribution in [3.63, 3.8) is 0 Å². The highest BCUT2D eigenvalue weighted by molar-refractivity contribution is 6.33. The van der Waals surface area contributed by atoms with Gasteiger partial charge in [0.25, 0.3) is 0 Å². The van der Waals surface area contributed by atoms with Gasteiger partial charge in [0.2, 0.25) is 0 Å². The molecule has 0 spiro atoms. The van der Waals surface area contributed by atoms with Crippen LogP contribution in [0.15, 0.2) is 72.9 Å². The number of hydrogen-bond acceptors (Lipinski definition) is 4. The van der Waals surface area contributed by atoms with Crippen molar-refractivity contribution in [1.82, 2.24) is 14.9 Å². The molecule has 0 saturated carbocycles. The molecule has 0 bridgehead atoms. The fourth-order valence-electron chi connectivity index (χ4n) is 5.40. The summed E-state index contributed by atoms with van der Waals surface area (Å²) in [6.07, 6.45) is 5.29. The highest BCUT2D eigenvalue weighted by Gasteiger charge is 2.23. The van der Waals surface area contributed by atoms with Gasteiger partial charge in [-0.3, -0.25) is 4.90 Å². The number of ether oxygens (including phenoxy) is 1. The first-order chi connectivity index (χ1) is 17.7. The molecule has 5 nitrogen and oxygen atoms in total. The Labute approximate surface area is 217 Å². The van der Waals surface area contributed by atoms with Gasteiger partial charge in [-0.2, -0.15) is 0 Å². The van der Waals surface area contributed by atoms with Crippen LogP contribution >= 0.6 is 11.6 Å². The average Bonchev–Trinajstić information content (AvgIpc) is 3.41. The number of aromatic amines is 1. The summed E-state index contributed by atoms with van der Waals surface area (Å²) in [5.41, 5.74) is 7.98. The lowest BCUT2D eigenvalue weighted by molar-refractivity contribution is 0.0506. The second kappa shape index (κ2) is 10.5. The van der Waals surface area contributed by atoms with E-state index >= 15 is 0 Å². The van der Waals surface area contributed by atoms with E-state index in [0.717, 1.165) is 67.0 Å². The fourth-order valence-corrected chi connectivity index (χ4v) is 5.60. The van der Waals surface area contributed by atoms with Crippen LogP contribution in [0.5, 0.6) is 0 Å². The van der Waals surface area contributed by atoms with Crippen molar-refractivity contribution in [2.24, 2.45) is 5.92 Å². The predicted molar refractivity (Wildman–Crippen MR) is 147 cm³/mol. The minimum Gasteiger partial charge on any atom is -0.381 e. The first-order valence-corrected chi connectivity index (χ1v) is 13.2. The van der Waals surface area contributed by atoms with Gasteiger partial charge in [0, 0.05) is 49.8 Å². The molecule has 2 aliphatic heterocycles. The van der Waals surface area contributed by atoms with Gasteiger partial charge >= 0.3 is 0 Å². The summed E-state index contributed by atoms with van der Waals surface area (Å²) >= 11 is 6.60. The second-order valence-corrected chi connectivity index (χ2v) is 10.2. The second-order valence-electron chi connectivity index (χ2n) is 9.82. The molecular formula is C30H31ClN4O. The molecule has 184 valence electrons. The highest BCUT2D eigenvalue weighted by atomic mass is 35.5. The van der Waals surface area contributed by atoms with Crippen molar-refractivity contribution in [3.8, 4) is 22.6 Å². The zero-order valence-electron chi connectivity index (χ0n) is 20.3. The zero-order chi connectivity index (χ0) is 24.3. The first kappa shape index (κ1) is 23.3. The molecule has 2 aliphatic rings. The Kier molecular flexibility index (Phi) is 6.77. The molecule has 1 aromatic heterocycles. The minimum atomic E-state index is 0.674. The van der Waals surface area contributed by atoms with E-state index in [-0.39, 0.29) is 0 Å². The van der Waals surface area contributed by atoms with Crippen molar-refractivity contribution in [2.75, 3.05) is 31.6 Å². The van der Waals surface area contributed by atoms with Crippen LogP contribution in [0.1, 0.15) is 24.0 Å². The first-order valence-electron chi connectivity index (χ1n) is 12.8. The number of nitrogens with zero attached hydrogens (tertiary/aromatic N) is 2. The van der Waals surface area contributed by atoms with Crippen LogP contribution in [0.25, 0.3) is 22.6 Å². The summed E-state index contributed by atoms with van der Waals surface area (Å²) in [6.45, 7) is 5.12. The molecule has 1 saturated heterocycles. The Morgan fingerprint density at radius 3 is 2.75 bits per heavy atom. The third-order valence-corrected chi connectivity index (χ3v) is 7.69. The lowest BCUT2D eigenvalue weighted by Gasteiger charge is -2.34. The van der Waals surface area contributed by atoms with Crippen molar-refractivity contribution < 1.29 is 4.74 Å². The molecule has 0 amide bonds. The van der Waals surface area contributed by atoms with Crippen LogP contribution in [0.3, 0.4) is 0 Å². The van der Waals surface area contributed by atoms with Crippen molar-refractivity contribution in [2.45, 2.75) is 25.8 Å². The number of imidazole rings is 1. The maximum atomic E-state index is 6.60. The van der Waals surface area contributed by atoms with Crippen LogP contribution in [-0.2, 0) is 17.7 Å². The van der Waals surface area contributed by atoms with Crippen LogP contribution in [0.2, 0.25) is 5.02 Å². The third kappa shape index (κ3) is 5.05. The number of nitrogens with one attached hydrogen (secondary N) is 2. The van der Waals surface area contributed by atoms with E-state index in [1.165, 1.54) is 36.2 Å². The van der Waals surface area contributed by atoms with Gasteiger partial charge in [-0.15, -0.1) is 0 Å². The van der Waals surface area contributed by atoms with Crippen LogP contribution in [0.4, 0.5) is 11.4 Å². The number of H-pyrrole nitrogens is 1. The molecule has 0 unspecified atom stereocenters. The SMILES string of the molecule is Clc1ccc(Nc2cccc3c2CCN(CC2CCOCC2)C3)cc1-c1ncc(-c2ccccc2)[nH]1. The summed E-state index contributed by atoms with van der Waals surface area (Å²) in [6, 6.07) is 22.9. The van der Waals surface area contributed by atoms with Crippen LogP contribution in [0, 0.1) is 5.92 Å². The number of fused-ring (bicyclic) bond motifs is 1. The monoisotopic (exact) mass is 498 g/mol. The lowest BCUT2D eigenvalue weighted by Crippen LogP contribution is -2.36. The highest BCUT2D eigenvalue weighted by Crippen LogP contribution is 2.34. The number of rotatable bonds is 6. The molecule has 6 heteroatoms. The van der Waals surface area contributed by atoms with E-state index in [2.05, 4.69) is 56.6 Å². The van der Waals surface area contributed by atoms with E-state index in [1.807, 2.05) is 36.5 Å². The average molecular weight is 499 g/mol. The molecule has 4 aromatic rings. The molecular weight excluding hydrogens is 468 g/mol. The molecule has 2 N–H and O–H groups in total. The molecule has 0 atom stereocenters. The number of halogens is 1. The van der Waals surface area contributed by atoms with E-state index in [4.69, 9.17) is 16.3 Å². The Morgan fingerprint density at radius 1 is 1.03 bits per heavy atom. The predicted octanol–water partition coefficient (Wildman–Crippen LogP) is 6.93. The Hall–Kier alpha value is -3.12. The normalized spacial score (nSPS) is 16.6. The summed E-state index contributed by atoms with van der Waals surface area (Å²) in [7, 11) is 0. The molecule has 36 heavy (non-hydrogen) atoms. The van der Waals surface area contributed by atoms with E-state index in [0.29, 0.717) is 5.02 Å². The Balaban J connectivity index is 1.20. The maximum absolute atomic E-state index is 6.60. The minimum absolute atomic E-state index is 0.674.